The van der Waals surface area contributed by atoms with Gasteiger partial charge in [0.25, 0.3) is 5.89 Å². The van der Waals surface area contributed by atoms with Gasteiger partial charge in [0.1, 0.15) is 6.67 Å². The lowest BCUT2D eigenvalue weighted by Gasteiger charge is -2.06. The number of pyridine rings is 1. The van der Waals surface area contributed by atoms with Gasteiger partial charge in [0.05, 0.1) is 0 Å². The number of alkyl halides is 1. The first kappa shape index (κ1) is 15.2. The van der Waals surface area contributed by atoms with Gasteiger partial charge in [-0.25, -0.2) is 4.39 Å². The van der Waals surface area contributed by atoms with Crippen LogP contribution >= 0.6 is 0 Å². The van der Waals surface area contributed by atoms with Crippen LogP contribution in [0.1, 0.15) is 5.56 Å². The van der Waals surface area contributed by atoms with E-state index in [4.69, 9.17) is 4.52 Å². The summed E-state index contributed by atoms with van der Waals surface area (Å²) in [6.45, 7) is -0.557. The van der Waals surface area contributed by atoms with E-state index >= 15 is 0 Å². The van der Waals surface area contributed by atoms with Crippen LogP contribution in [0.2, 0.25) is 0 Å². The van der Waals surface area contributed by atoms with Crippen LogP contribution in [0, 0.1) is 0 Å². The molecule has 0 radical (unpaired) electrons. The Hall–Kier alpha value is -3.34. The molecule has 25 heavy (non-hydrogen) atoms. The second-order valence-corrected chi connectivity index (χ2v) is 5.58. The molecule has 0 aliphatic carbocycles. The Bertz CT molecular complexity index is 984. The molecule has 0 aliphatic rings. The number of nitrogens with zero attached hydrogens (tertiary/aromatic N) is 3. The summed E-state index contributed by atoms with van der Waals surface area (Å²) in [6, 6.07) is 18.9. The van der Waals surface area contributed by atoms with E-state index in [1.807, 2.05) is 54.6 Å². The lowest BCUT2D eigenvalue weighted by molar-refractivity contribution is 0.432. The van der Waals surface area contributed by atoms with Gasteiger partial charge >= 0.3 is 0 Å². The van der Waals surface area contributed by atoms with E-state index in [1.54, 1.807) is 18.5 Å². The minimum absolute atomic E-state index is 0.360. The molecule has 0 bridgehead atoms. The summed E-state index contributed by atoms with van der Waals surface area (Å²) >= 11 is 0. The third-order valence-corrected chi connectivity index (χ3v) is 3.87. The van der Waals surface area contributed by atoms with Crippen molar-refractivity contribution in [3.8, 4) is 34.0 Å². The molecule has 4 aromatic rings. The summed E-state index contributed by atoms with van der Waals surface area (Å²) in [7, 11) is 0. The second kappa shape index (κ2) is 6.65. The fourth-order valence-electron chi connectivity index (χ4n) is 2.65. The van der Waals surface area contributed by atoms with E-state index in [-0.39, 0.29) is 0 Å². The SMILES string of the molecule is FCc1cc(-c2ccccc2)cc(-c2nc(-c3ccncc3)no2)c1. The van der Waals surface area contributed by atoms with Crippen LogP contribution in [0.5, 0.6) is 0 Å². The molecule has 0 atom stereocenters. The van der Waals surface area contributed by atoms with Crippen molar-refractivity contribution in [2.45, 2.75) is 6.67 Å². The van der Waals surface area contributed by atoms with Crippen LogP contribution in [0.4, 0.5) is 4.39 Å². The lowest BCUT2D eigenvalue weighted by Crippen LogP contribution is -1.87. The van der Waals surface area contributed by atoms with E-state index in [0.29, 0.717) is 22.8 Å². The first-order valence-corrected chi connectivity index (χ1v) is 7.83. The first-order chi connectivity index (χ1) is 12.3. The first-order valence-electron chi connectivity index (χ1n) is 7.83. The largest absolute Gasteiger partial charge is 0.334 e. The van der Waals surface area contributed by atoms with Crippen molar-refractivity contribution >= 4 is 0 Å². The van der Waals surface area contributed by atoms with Crippen LogP contribution in [0.15, 0.2) is 77.6 Å². The number of hydrogen-bond acceptors (Lipinski definition) is 4. The molecule has 2 heterocycles. The van der Waals surface area contributed by atoms with Gasteiger partial charge in [0.2, 0.25) is 5.82 Å². The normalized spacial score (nSPS) is 10.8. The third kappa shape index (κ3) is 3.17. The fraction of sp³-hybridized carbons (Fsp3) is 0.0500. The molecule has 0 spiro atoms. The van der Waals surface area contributed by atoms with Crippen LogP contribution in [0.3, 0.4) is 0 Å². The maximum absolute atomic E-state index is 13.3. The molecule has 2 aromatic heterocycles. The summed E-state index contributed by atoms with van der Waals surface area (Å²) < 4.78 is 18.7. The van der Waals surface area contributed by atoms with E-state index in [1.165, 1.54) is 0 Å². The molecule has 4 nitrogen and oxygen atoms in total. The van der Waals surface area contributed by atoms with Gasteiger partial charge in [-0.05, 0) is 47.0 Å². The Morgan fingerprint density at radius 2 is 1.56 bits per heavy atom. The topological polar surface area (TPSA) is 51.8 Å². The minimum Gasteiger partial charge on any atom is -0.334 e. The average Bonchev–Trinajstić information content (AvgIpc) is 3.19. The Labute approximate surface area is 144 Å². The monoisotopic (exact) mass is 331 g/mol. The molecule has 4 rings (SSSR count). The molecule has 0 N–H and O–H groups in total. The van der Waals surface area contributed by atoms with E-state index < -0.39 is 6.67 Å². The maximum Gasteiger partial charge on any atom is 0.258 e. The Morgan fingerprint density at radius 1 is 0.800 bits per heavy atom. The molecular formula is C20H14FN3O. The van der Waals surface area contributed by atoms with Crippen LogP contribution in [-0.2, 0) is 6.67 Å². The number of hydrogen-bond donors (Lipinski definition) is 0. The smallest absolute Gasteiger partial charge is 0.258 e. The highest BCUT2D eigenvalue weighted by molar-refractivity contribution is 5.71. The highest BCUT2D eigenvalue weighted by atomic mass is 19.1. The molecule has 0 amide bonds. The maximum atomic E-state index is 13.3. The van der Waals surface area contributed by atoms with Gasteiger partial charge in [-0.2, -0.15) is 4.98 Å². The highest BCUT2D eigenvalue weighted by Gasteiger charge is 2.13. The molecule has 0 unspecified atom stereocenters. The van der Waals surface area contributed by atoms with Crippen molar-refractivity contribution < 1.29 is 8.91 Å². The molecule has 122 valence electrons. The zero-order valence-electron chi connectivity index (χ0n) is 13.3. The predicted molar refractivity (Wildman–Crippen MR) is 93.2 cm³/mol. The van der Waals surface area contributed by atoms with Crippen LogP contribution in [0.25, 0.3) is 34.0 Å². The molecule has 0 saturated carbocycles. The van der Waals surface area contributed by atoms with Crippen molar-refractivity contribution in [1.82, 2.24) is 15.1 Å². The summed E-state index contributed by atoms with van der Waals surface area (Å²) in [4.78, 5) is 8.41. The van der Waals surface area contributed by atoms with E-state index in [0.717, 1.165) is 16.7 Å². The van der Waals surface area contributed by atoms with E-state index in [2.05, 4.69) is 15.1 Å². The van der Waals surface area contributed by atoms with Gasteiger partial charge in [0, 0.05) is 23.5 Å². The number of rotatable bonds is 4. The molecule has 0 fully saturated rings. The summed E-state index contributed by atoms with van der Waals surface area (Å²) in [6.07, 6.45) is 3.34. The summed E-state index contributed by atoms with van der Waals surface area (Å²) in [5.74, 6) is 0.837. The Morgan fingerprint density at radius 3 is 2.32 bits per heavy atom. The molecule has 5 heteroatoms. The number of halogens is 1. The molecule has 2 aromatic carbocycles. The zero-order chi connectivity index (χ0) is 17.1. The van der Waals surface area contributed by atoms with Crippen molar-refractivity contribution in [3.05, 3.63) is 78.6 Å². The lowest BCUT2D eigenvalue weighted by atomic mass is 10.00. The Balaban J connectivity index is 1.77. The third-order valence-electron chi connectivity index (χ3n) is 3.87. The molecular weight excluding hydrogens is 317 g/mol. The quantitative estimate of drug-likeness (QED) is 0.532. The average molecular weight is 331 g/mol. The Kier molecular flexibility index (Phi) is 4.04. The second-order valence-electron chi connectivity index (χ2n) is 5.58. The van der Waals surface area contributed by atoms with Crippen molar-refractivity contribution in [2.75, 3.05) is 0 Å². The van der Waals surface area contributed by atoms with Crippen molar-refractivity contribution in [3.63, 3.8) is 0 Å². The van der Waals surface area contributed by atoms with Crippen LogP contribution < -0.4 is 0 Å². The standard InChI is InChI=1S/C20H14FN3O/c21-13-14-10-17(15-4-2-1-3-5-15)12-18(11-14)20-23-19(24-25-20)16-6-8-22-9-7-16/h1-12H,13H2. The van der Waals surface area contributed by atoms with Crippen LogP contribution in [-0.4, -0.2) is 15.1 Å². The van der Waals surface area contributed by atoms with Gasteiger partial charge in [-0.15, -0.1) is 0 Å². The minimum atomic E-state index is -0.557. The zero-order valence-corrected chi connectivity index (χ0v) is 13.3. The number of benzene rings is 2. The van der Waals surface area contributed by atoms with Gasteiger partial charge in [-0.3, -0.25) is 4.98 Å². The number of aromatic nitrogens is 3. The summed E-state index contributed by atoms with van der Waals surface area (Å²) in [5.41, 5.74) is 4.00. The highest BCUT2D eigenvalue weighted by Crippen LogP contribution is 2.29. The van der Waals surface area contributed by atoms with Gasteiger partial charge in [-0.1, -0.05) is 35.5 Å². The van der Waals surface area contributed by atoms with E-state index in [9.17, 15) is 4.39 Å². The predicted octanol–water partition coefficient (Wildman–Crippen LogP) is 4.94. The van der Waals surface area contributed by atoms with Gasteiger partial charge in [0.15, 0.2) is 0 Å². The summed E-state index contributed by atoms with van der Waals surface area (Å²) in [5, 5.41) is 4.01. The molecule has 0 aliphatic heterocycles. The van der Waals surface area contributed by atoms with Gasteiger partial charge < -0.3 is 4.52 Å². The molecule has 0 saturated heterocycles. The van der Waals surface area contributed by atoms with Crippen molar-refractivity contribution in [2.24, 2.45) is 0 Å². The fourth-order valence-corrected chi connectivity index (χ4v) is 2.65. The van der Waals surface area contributed by atoms with Crippen molar-refractivity contribution in [1.29, 1.82) is 0 Å².